The second-order valence-corrected chi connectivity index (χ2v) is 9.42. The first-order chi connectivity index (χ1) is 8.54. The van der Waals surface area contributed by atoms with Gasteiger partial charge in [0.2, 0.25) is 0 Å². The summed E-state index contributed by atoms with van der Waals surface area (Å²) in [5.74, 6) is -11.7. The normalized spacial score (nSPS) is 17.8. The average Bonchev–Trinajstić information content (AvgIpc) is 2.26. The SMILES string of the molecule is CC(F)C(F)(F)[C](F)(F)[Sn](=[O])[C](F)(F)C(F)(F)C(C)F. The van der Waals surface area contributed by atoms with Crippen LogP contribution in [0.1, 0.15) is 13.8 Å². The topological polar surface area (TPSA) is 17.1 Å². The van der Waals surface area contributed by atoms with Gasteiger partial charge >= 0.3 is 113 Å². The monoisotopic (exact) mass is 430 g/mol. The van der Waals surface area contributed by atoms with Crippen LogP contribution < -0.4 is 0 Å². The van der Waals surface area contributed by atoms with Crippen LogP contribution in [-0.2, 0) is 3.08 Å². The molecule has 0 aliphatic rings. The van der Waals surface area contributed by atoms with Crippen LogP contribution in [0.25, 0.3) is 0 Å². The van der Waals surface area contributed by atoms with Crippen LogP contribution in [0, 0.1) is 0 Å². The van der Waals surface area contributed by atoms with Crippen LogP contribution in [0.15, 0.2) is 0 Å². The van der Waals surface area contributed by atoms with Gasteiger partial charge in [0.25, 0.3) is 0 Å². The predicted molar refractivity (Wildman–Crippen MR) is 47.4 cm³/mol. The predicted octanol–water partition coefficient (Wildman–Crippen LogP) is 3.74. The number of halogens is 10. The number of rotatable bonds is 6. The molecule has 0 radical (unpaired) electrons. The molecule has 0 aromatic rings. The van der Waals surface area contributed by atoms with E-state index in [4.69, 9.17) is 0 Å². The summed E-state index contributed by atoms with van der Waals surface area (Å²) in [5.41, 5.74) is 0. The zero-order valence-electron chi connectivity index (χ0n) is 9.84. The molecule has 20 heavy (non-hydrogen) atoms. The van der Waals surface area contributed by atoms with E-state index in [-0.39, 0.29) is 13.8 Å². The van der Waals surface area contributed by atoms with E-state index in [1.807, 2.05) is 0 Å². The minimum absolute atomic E-state index is 0.140. The molecule has 0 saturated heterocycles. The Hall–Kier alpha value is -0.101. The summed E-state index contributed by atoms with van der Waals surface area (Å²) in [6.07, 6.45) is -7.43. The van der Waals surface area contributed by atoms with Gasteiger partial charge in [0, 0.05) is 0 Å². The Morgan fingerprint density at radius 1 is 0.700 bits per heavy atom. The van der Waals surface area contributed by atoms with Gasteiger partial charge in [0.1, 0.15) is 0 Å². The average molecular weight is 429 g/mol. The van der Waals surface area contributed by atoms with Crippen molar-refractivity contribution in [3.05, 3.63) is 0 Å². The van der Waals surface area contributed by atoms with E-state index in [2.05, 4.69) is 0 Å². The molecule has 1 nitrogen and oxygen atoms in total. The summed E-state index contributed by atoms with van der Waals surface area (Å²) in [4.78, 5) is 0. The van der Waals surface area contributed by atoms with Crippen LogP contribution in [0.3, 0.4) is 0 Å². The zero-order valence-corrected chi connectivity index (χ0v) is 12.7. The van der Waals surface area contributed by atoms with Crippen molar-refractivity contribution in [1.82, 2.24) is 0 Å². The van der Waals surface area contributed by atoms with E-state index < -0.39 is 51.8 Å². The molecule has 120 valence electrons. The van der Waals surface area contributed by atoms with Crippen LogP contribution in [-0.4, -0.2) is 51.8 Å². The molecule has 0 rings (SSSR count). The summed E-state index contributed by atoms with van der Waals surface area (Å²) >= 11 is -7.56. The van der Waals surface area contributed by atoms with E-state index in [0.29, 0.717) is 0 Å². The van der Waals surface area contributed by atoms with Crippen molar-refractivity contribution >= 4 is 19.7 Å². The van der Waals surface area contributed by atoms with Crippen molar-refractivity contribution in [3.63, 3.8) is 0 Å². The van der Waals surface area contributed by atoms with Gasteiger partial charge < -0.3 is 0 Å². The maximum absolute atomic E-state index is 13.0. The third kappa shape index (κ3) is 2.91. The number of hydrogen-bond acceptors (Lipinski definition) is 1. The second kappa shape index (κ2) is 5.59. The quantitative estimate of drug-likeness (QED) is 0.465. The Kier molecular flexibility index (Phi) is 5.57. The van der Waals surface area contributed by atoms with Gasteiger partial charge in [-0.25, -0.2) is 0 Å². The minimum atomic E-state index is -7.56. The molecule has 0 saturated carbocycles. The standard InChI is InChI=1S/2C4H4F5.O.Sn/c2*1-2(5)4(8,9)3(6)7;;/h2*2H,1H3;;. The number of hydrogen-bond donors (Lipinski definition) is 0. The van der Waals surface area contributed by atoms with Gasteiger partial charge in [-0.2, -0.15) is 0 Å². The first-order valence-electron chi connectivity index (χ1n) is 4.88. The van der Waals surface area contributed by atoms with Crippen LogP contribution >= 0.6 is 0 Å². The van der Waals surface area contributed by atoms with Crippen molar-refractivity contribution < 1.29 is 47.0 Å². The second-order valence-electron chi connectivity index (χ2n) is 3.96. The van der Waals surface area contributed by atoms with Gasteiger partial charge in [0.15, 0.2) is 0 Å². The maximum atomic E-state index is 13.0. The van der Waals surface area contributed by atoms with Crippen molar-refractivity contribution in [1.29, 1.82) is 0 Å². The summed E-state index contributed by atoms with van der Waals surface area (Å²) in [6, 6.07) is 0. The van der Waals surface area contributed by atoms with Crippen molar-refractivity contribution in [2.24, 2.45) is 0 Å². The van der Waals surface area contributed by atoms with E-state index in [0.717, 1.165) is 0 Å². The van der Waals surface area contributed by atoms with Gasteiger partial charge in [-0.3, -0.25) is 0 Å². The Morgan fingerprint density at radius 3 is 1.05 bits per heavy atom. The molecular weight excluding hydrogens is 421 g/mol. The van der Waals surface area contributed by atoms with Gasteiger partial charge in [0.05, 0.1) is 0 Å². The van der Waals surface area contributed by atoms with E-state index in [9.17, 15) is 47.0 Å². The molecule has 0 fully saturated rings. The molecule has 2 unspecified atom stereocenters. The van der Waals surface area contributed by atoms with Crippen LogP contribution in [0.5, 0.6) is 0 Å². The summed E-state index contributed by atoms with van der Waals surface area (Å²) < 4.78 is 126. The number of alkyl halides is 10. The first kappa shape index (κ1) is 19.9. The molecule has 0 amide bonds. The Morgan fingerprint density at radius 2 is 0.900 bits per heavy atom. The summed E-state index contributed by atoms with van der Waals surface area (Å²) in [6.45, 7) is -0.281. The molecule has 2 atom stereocenters. The zero-order chi connectivity index (χ0) is 16.7. The van der Waals surface area contributed by atoms with Crippen molar-refractivity contribution in [2.75, 3.05) is 0 Å². The fraction of sp³-hybridized carbons (Fsp3) is 1.00. The molecule has 0 aromatic carbocycles. The van der Waals surface area contributed by atoms with E-state index >= 15 is 0 Å². The molecule has 0 bridgehead atoms. The summed E-state index contributed by atoms with van der Waals surface area (Å²) in [5, 5.41) is 0. The molecule has 0 spiro atoms. The van der Waals surface area contributed by atoms with Crippen LogP contribution in [0.4, 0.5) is 43.9 Å². The van der Waals surface area contributed by atoms with E-state index in [1.165, 1.54) is 0 Å². The Bertz CT molecular complexity index is 343. The van der Waals surface area contributed by atoms with Crippen LogP contribution in [0.2, 0.25) is 0 Å². The van der Waals surface area contributed by atoms with Crippen molar-refractivity contribution in [2.45, 2.75) is 45.9 Å². The van der Waals surface area contributed by atoms with Gasteiger partial charge in [-0.15, -0.1) is 0 Å². The van der Waals surface area contributed by atoms with Gasteiger partial charge in [-0.1, -0.05) is 0 Å². The van der Waals surface area contributed by atoms with Crippen molar-refractivity contribution in [3.8, 4) is 0 Å². The first-order valence-corrected chi connectivity index (χ1v) is 8.90. The molecule has 0 heterocycles. The third-order valence-corrected chi connectivity index (χ3v) is 7.57. The Labute approximate surface area is 113 Å². The Balaban J connectivity index is 5.78. The fourth-order valence-corrected chi connectivity index (χ4v) is 4.99. The molecule has 0 aromatic heterocycles. The molecule has 0 aliphatic carbocycles. The molecule has 12 heteroatoms. The third-order valence-electron chi connectivity index (χ3n) is 2.41. The van der Waals surface area contributed by atoms with E-state index in [1.54, 1.807) is 0 Å². The molecular formula is C8H8F10OSn. The summed E-state index contributed by atoms with van der Waals surface area (Å²) in [7, 11) is 0. The van der Waals surface area contributed by atoms with Gasteiger partial charge in [-0.05, 0) is 0 Å². The fourth-order valence-electron chi connectivity index (χ4n) is 0.999. The molecule has 0 aliphatic heterocycles. The molecule has 0 N–H and O–H groups in total.